The standard InChI is InChI=1S/C34H43N3O6S/c1-5-43-30-18-16-29(17-19-30)37(44(40,41)32-20-14-25(2)15-21-32)24-33(38)36(23-27-10-9-13-31(22-27)42-4)26(3)34(39)35-28-11-7-6-8-12-28/h9-10,13-22,26,28H,5-8,11-12,23-24H2,1-4H3,(H,35,39). The van der Waals surface area contributed by atoms with Crippen LogP contribution in [0, 0.1) is 6.92 Å². The number of sulfonamides is 1. The first-order chi connectivity index (χ1) is 21.1. The predicted octanol–water partition coefficient (Wildman–Crippen LogP) is 5.46. The van der Waals surface area contributed by atoms with E-state index in [0.717, 1.165) is 47.5 Å². The Labute approximate surface area is 261 Å². The molecule has 3 aromatic carbocycles. The Morgan fingerprint density at radius 3 is 2.27 bits per heavy atom. The van der Waals surface area contributed by atoms with Gasteiger partial charge in [0.25, 0.3) is 10.0 Å². The van der Waals surface area contributed by atoms with Crippen LogP contribution in [0.2, 0.25) is 0 Å². The minimum Gasteiger partial charge on any atom is -0.497 e. The lowest BCUT2D eigenvalue weighted by molar-refractivity contribution is -0.139. The van der Waals surface area contributed by atoms with Crippen molar-refractivity contribution in [3.8, 4) is 11.5 Å². The fourth-order valence-corrected chi connectivity index (χ4v) is 6.77. The summed E-state index contributed by atoms with van der Waals surface area (Å²) in [4.78, 5) is 29.2. The third kappa shape index (κ3) is 8.31. The molecule has 2 amide bonds. The summed E-state index contributed by atoms with van der Waals surface area (Å²) in [7, 11) is -2.59. The Balaban J connectivity index is 1.69. The van der Waals surface area contributed by atoms with E-state index in [2.05, 4.69) is 5.32 Å². The van der Waals surface area contributed by atoms with Crippen LogP contribution in [-0.4, -0.2) is 57.5 Å². The number of amides is 2. The summed E-state index contributed by atoms with van der Waals surface area (Å²) < 4.78 is 40.1. The zero-order chi connectivity index (χ0) is 31.7. The Bertz CT molecular complexity index is 1500. The molecule has 0 saturated heterocycles. The molecule has 44 heavy (non-hydrogen) atoms. The van der Waals surface area contributed by atoms with Crippen molar-refractivity contribution in [3.63, 3.8) is 0 Å². The average Bonchev–Trinajstić information content (AvgIpc) is 3.03. The first-order valence-corrected chi connectivity index (χ1v) is 16.6. The molecule has 3 aromatic rings. The van der Waals surface area contributed by atoms with Crippen LogP contribution in [0.4, 0.5) is 5.69 Å². The number of nitrogens with one attached hydrogen (secondary N) is 1. The van der Waals surface area contributed by atoms with Gasteiger partial charge in [-0.25, -0.2) is 8.42 Å². The average molecular weight is 622 g/mol. The van der Waals surface area contributed by atoms with Gasteiger partial charge in [0.15, 0.2) is 0 Å². The van der Waals surface area contributed by atoms with Crippen molar-refractivity contribution >= 4 is 27.5 Å². The maximum atomic E-state index is 14.2. The number of ether oxygens (including phenoxy) is 2. The van der Waals surface area contributed by atoms with Crippen molar-refractivity contribution in [2.24, 2.45) is 0 Å². The second-order valence-corrected chi connectivity index (χ2v) is 13.0. The summed E-state index contributed by atoms with van der Waals surface area (Å²) in [5, 5.41) is 3.12. The van der Waals surface area contributed by atoms with E-state index >= 15 is 0 Å². The first kappa shape index (κ1) is 32.9. The minimum absolute atomic E-state index is 0.0622. The SMILES string of the molecule is CCOc1ccc(N(CC(=O)N(Cc2cccc(OC)c2)C(C)C(=O)NC2CCCCC2)S(=O)(=O)c2ccc(C)cc2)cc1. The van der Waals surface area contributed by atoms with Crippen molar-refractivity contribution in [1.82, 2.24) is 10.2 Å². The van der Waals surface area contributed by atoms with Gasteiger partial charge in [0.05, 0.1) is 24.3 Å². The molecular formula is C34H43N3O6S. The molecule has 1 atom stereocenters. The Morgan fingerprint density at radius 1 is 0.955 bits per heavy atom. The highest BCUT2D eigenvalue weighted by molar-refractivity contribution is 7.92. The van der Waals surface area contributed by atoms with Crippen LogP contribution in [0.5, 0.6) is 11.5 Å². The summed E-state index contributed by atoms with van der Waals surface area (Å²) in [6.07, 6.45) is 5.07. The fraction of sp³-hybridized carbons (Fsp3) is 0.412. The number of nitrogens with zero attached hydrogens (tertiary/aromatic N) is 2. The van der Waals surface area contributed by atoms with Gasteiger partial charge >= 0.3 is 0 Å². The van der Waals surface area contributed by atoms with E-state index in [4.69, 9.17) is 9.47 Å². The normalized spacial score (nSPS) is 14.4. The fourth-order valence-electron chi connectivity index (χ4n) is 5.36. The molecule has 0 spiro atoms. The molecule has 0 radical (unpaired) electrons. The van der Waals surface area contributed by atoms with Crippen molar-refractivity contribution in [1.29, 1.82) is 0 Å². The summed E-state index contributed by atoms with van der Waals surface area (Å²) in [5.74, 6) is 0.431. The highest BCUT2D eigenvalue weighted by Gasteiger charge is 2.33. The van der Waals surface area contributed by atoms with E-state index in [0.29, 0.717) is 23.8 Å². The molecule has 0 aliphatic heterocycles. The Kier molecular flexibility index (Phi) is 11.3. The second kappa shape index (κ2) is 15.1. The molecule has 4 rings (SSSR count). The quantitative estimate of drug-likeness (QED) is 0.272. The first-order valence-electron chi connectivity index (χ1n) is 15.2. The monoisotopic (exact) mass is 621 g/mol. The third-order valence-electron chi connectivity index (χ3n) is 7.93. The zero-order valence-corrected chi connectivity index (χ0v) is 26.8. The number of anilines is 1. The van der Waals surface area contributed by atoms with Gasteiger partial charge in [0.1, 0.15) is 24.1 Å². The highest BCUT2D eigenvalue weighted by Crippen LogP contribution is 2.27. The maximum Gasteiger partial charge on any atom is 0.264 e. The summed E-state index contributed by atoms with van der Waals surface area (Å²) in [6.45, 7) is 5.48. The van der Waals surface area contributed by atoms with Crippen LogP contribution in [0.1, 0.15) is 57.1 Å². The van der Waals surface area contributed by atoms with E-state index in [9.17, 15) is 18.0 Å². The smallest absolute Gasteiger partial charge is 0.264 e. The van der Waals surface area contributed by atoms with Gasteiger partial charge in [-0.15, -0.1) is 0 Å². The number of aryl methyl sites for hydroxylation is 1. The molecule has 1 aliphatic carbocycles. The van der Waals surface area contributed by atoms with Crippen LogP contribution in [0.25, 0.3) is 0 Å². The highest BCUT2D eigenvalue weighted by atomic mass is 32.2. The van der Waals surface area contributed by atoms with E-state index < -0.39 is 28.5 Å². The van der Waals surface area contributed by atoms with Crippen LogP contribution >= 0.6 is 0 Å². The van der Waals surface area contributed by atoms with Gasteiger partial charge in [-0.3, -0.25) is 13.9 Å². The number of benzene rings is 3. The van der Waals surface area contributed by atoms with Gasteiger partial charge in [0, 0.05) is 12.6 Å². The number of carbonyl (C=O) groups is 2. The van der Waals surface area contributed by atoms with Gasteiger partial charge in [0.2, 0.25) is 11.8 Å². The maximum absolute atomic E-state index is 14.2. The van der Waals surface area contributed by atoms with Crippen molar-refractivity contribution in [3.05, 3.63) is 83.9 Å². The van der Waals surface area contributed by atoms with E-state index in [1.165, 1.54) is 17.0 Å². The Morgan fingerprint density at radius 2 is 1.64 bits per heavy atom. The summed E-state index contributed by atoms with van der Waals surface area (Å²) in [6, 6.07) is 19.6. The number of methoxy groups -OCH3 is 1. The largest absolute Gasteiger partial charge is 0.497 e. The minimum atomic E-state index is -4.15. The molecule has 1 unspecified atom stereocenters. The number of hydrogen-bond donors (Lipinski definition) is 1. The van der Waals surface area contributed by atoms with Gasteiger partial charge in [-0.1, -0.05) is 49.1 Å². The number of hydrogen-bond acceptors (Lipinski definition) is 6. The van der Waals surface area contributed by atoms with Crippen LogP contribution in [0.3, 0.4) is 0 Å². The summed E-state index contributed by atoms with van der Waals surface area (Å²) >= 11 is 0. The molecule has 10 heteroatoms. The molecule has 0 bridgehead atoms. The number of carbonyl (C=O) groups excluding carboxylic acids is 2. The summed E-state index contributed by atoms with van der Waals surface area (Å²) in [5.41, 5.74) is 1.97. The van der Waals surface area contributed by atoms with E-state index in [1.54, 1.807) is 62.6 Å². The van der Waals surface area contributed by atoms with Crippen LogP contribution < -0.4 is 19.1 Å². The van der Waals surface area contributed by atoms with E-state index in [1.807, 2.05) is 26.0 Å². The van der Waals surface area contributed by atoms with Crippen molar-refractivity contribution < 1.29 is 27.5 Å². The molecule has 9 nitrogen and oxygen atoms in total. The zero-order valence-electron chi connectivity index (χ0n) is 26.0. The number of rotatable bonds is 13. The second-order valence-electron chi connectivity index (χ2n) is 11.1. The molecule has 1 aliphatic rings. The molecule has 1 N–H and O–H groups in total. The van der Waals surface area contributed by atoms with Crippen LogP contribution in [0.15, 0.2) is 77.7 Å². The van der Waals surface area contributed by atoms with Crippen molar-refractivity contribution in [2.45, 2.75) is 76.4 Å². The molecule has 1 fully saturated rings. The third-order valence-corrected chi connectivity index (χ3v) is 9.72. The van der Waals surface area contributed by atoms with Gasteiger partial charge in [-0.05, 0) is 87.7 Å². The van der Waals surface area contributed by atoms with Crippen molar-refractivity contribution in [2.75, 3.05) is 24.6 Å². The molecule has 1 saturated carbocycles. The topological polar surface area (TPSA) is 105 Å². The lowest BCUT2D eigenvalue weighted by Gasteiger charge is -2.33. The Hall–Kier alpha value is -4.05. The lowest BCUT2D eigenvalue weighted by Crippen LogP contribution is -2.53. The van der Waals surface area contributed by atoms with Gasteiger partial charge < -0.3 is 19.7 Å². The molecule has 236 valence electrons. The predicted molar refractivity (Wildman–Crippen MR) is 171 cm³/mol. The van der Waals surface area contributed by atoms with Crippen LogP contribution in [-0.2, 0) is 26.2 Å². The molecular weight excluding hydrogens is 578 g/mol. The van der Waals surface area contributed by atoms with E-state index in [-0.39, 0.29) is 23.4 Å². The lowest BCUT2D eigenvalue weighted by atomic mass is 9.95. The molecule has 0 aromatic heterocycles. The molecule has 0 heterocycles. The van der Waals surface area contributed by atoms with Gasteiger partial charge in [-0.2, -0.15) is 0 Å².